The standard InChI is InChI=1S/C17H20ClN3O7S/c18-14-4-3-13(21(24)25)9-15(14)29(26,27)20-7-5-11(6-8-20)17(23)28-10-16(22)19-12-1-2-12/h3-4,9,11-12H,1-2,5-8,10H2,(H,19,22). The fraction of sp³-hybridized carbons (Fsp3) is 0.529. The molecule has 2 fully saturated rings. The van der Waals surface area contributed by atoms with Crippen molar-refractivity contribution in [3.05, 3.63) is 33.3 Å². The molecule has 1 amide bonds. The van der Waals surface area contributed by atoms with Crippen molar-refractivity contribution in [2.24, 2.45) is 5.92 Å². The zero-order valence-corrected chi connectivity index (χ0v) is 16.9. The molecule has 2 aliphatic rings. The highest BCUT2D eigenvalue weighted by Crippen LogP contribution is 2.31. The van der Waals surface area contributed by atoms with Crippen LogP contribution in [0.1, 0.15) is 25.7 Å². The lowest BCUT2D eigenvalue weighted by atomic mass is 9.98. The second-order valence-corrected chi connectivity index (χ2v) is 9.31. The first kappa shape index (κ1) is 21.5. The zero-order chi connectivity index (χ0) is 21.2. The van der Waals surface area contributed by atoms with E-state index in [2.05, 4.69) is 5.32 Å². The van der Waals surface area contributed by atoms with Crippen molar-refractivity contribution in [1.82, 2.24) is 9.62 Å². The number of esters is 1. The summed E-state index contributed by atoms with van der Waals surface area (Å²) < 4.78 is 31.8. The predicted octanol–water partition coefficient (Wildman–Crippen LogP) is 1.47. The van der Waals surface area contributed by atoms with Gasteiger partial charge in [0.05, 0.1) is 15.9 Å². The number of carbonyl (C=O) groups is 2. The maximum atomic E-state index is 12.8. The van der Waals surface area contributed by atoms with Crippen molar-refractivity contribution < 1.29 is 27.7 Å². The highest BCUT2D eigenvalue weighted by atomic mass is 35.5. The number of hydrogen-bond donors (Lipinski definition) is 1. The number of nitrogens with one attached hydrogen (secondary N) is 1. The van der Waals surface area contributed by atoms with Crippen molar-refractivity contribution in [3.63, 3.8) is 0 Å². The molecule has 0 aromatic heterocycles. The van der Waals surface area contributed by atoms with E-state index in [1.807, 2.05) is 0 Å². The van der Waals surface area contributed by atoms with E-state index in [-0.39, 0.29) is 60.1 Å². The van der Waals surface area contributed by atoms with Crippen LogP contribution < -0.4 is 5.32 Å². The molecule has 1 saturated carbocycles. The predicted molar refractivity (Wildman–Crippen MR) is 102 cm³/mol. The number of hydrogen-bond acceptors (Lipinski definition) is 7. The van der Waals surface area contributed by atoms with Gasteiger partial charge in [0.2, 0.25) is 10.0 Å². The lowest BCUT2D eigenvalue weighted by molar-refractivity contribution is -0.385. The van der Waals surface area contributed by atoms with Gasteiger partial charge in [-0.25, -0.2) is 8.42 Å². The van der Waals surface area contributed by atoms with E-state index < -0.39 is 26.8 Å². The van der Waals surface area contributed by atoms with Crippen LogP contribution in [0.25, 0.3) is 0 Å². The third-order valence-corrected chi connectivity index (χ3v) is 7.20. The molecule has 1 aliphatic heterocycles. The first-order valence-corrected chi connectivity index (χ1v) is 10.9. The highest BCUT2D eigenvalue weighted by Gasteiger charge is 2.35. The second kappa shape index (κ2) is 8.64. The smallest absolute Gasteiger partial charge is 0.309 e. The maximum Gasteiger partial charge on any atom is 0.309 e. The Morgan fingerprint density at radius 1 is 1.24 bits per heavy atom. The quantitative estimate of drug-likeness (QED) is 0.381. The molecule has 3 rings (SSSR count). The van der Waals surface area contributed by atoms with Gasteiger partial charge in [0, 0.05) is 31.3 Å². The van der Waals surface area contributed by atoms with Crippen LogP contribution in [-0.2, 0) is 24.3 Å². The summed E-state index contributed by atoms with van der Waals surface area (Å²) >= 11 is 5.95. The van der Waals surface area contributed by atoms with E-state index in [0.29, 0.717) is 0 Å². The van der Waals surface area contributed by atoms with E-state index in [4.69, 9.17) is 16.3 Å². The molecule has 0 radical (unpaired) electrons. The minimum absolute atomic E-state index is 0.0371. The number of nitro groups is 1. The molecule has 10 nitrogen and oxygen atoms in total. The van der Waals surface area contributed by atoms with Crippen molar-refractivity contribution in [2.75, 3.05) is 19.7 Å². The van der Waals surface area contributed by atoms with Crippen LogP contribution in [0.4, 0.5) is 5.69 Å². The van der Waals surface area contributed by atoms with Crippen LogP contribution in [0.2, 0.25) is 5.02 Å². The third kappa shape index (κ3) is 5.22. The molecular weight excluding hydrogens is 426 g/mol. The van der Waals surface area contributed by atoms with Gasteiger partial charge >= 0.3 is 5.97 Å². The number of nitro benzene ring substituents is 1. The van der Waals surface area contributed by atoms with Crippen LogP contribution in [0, 0.1) is 16.0 Å². The number of amides is 1. The van der Waals surface area contributed by atoms with Gasteiger partial charge in [-0.3, -0.25) is 19.7 Å². The van der Waals surface area contributed by atoms with Crippen molar-refractivity contribution in [1.29, 1.82) is 0 Å². The maximum absolute atomic E-state index is 12.8. The molecule has 1 aliphatic carbocycles. The molecule has 158 valence electrons. The number of carbonyl (C=O) groups excluding carboxylic acids is 2. The van der Waals surface area contributed by atoms with Gasteiger partial charge in [-0.1, -0.05) is 11.6 Å². The van der Waals surface area contributed by atoms with Gasteiger partial charge in [0.1, 0.15) is 4.90 Å². The topological polar surface area (TPSA) is 136 Å². The minimum Gasteiger partial charge on any atom is -0.455 e. The first-order valence-electron chi connectivity index (χ1n) is 9.08. The number of nitrogens with zero attached hydrogens (tertiary/aromatic N) is 2. The number of ether oxygens (including phenoxy) is 1. The largest absolute Gasteiger partial charge is 0.455 e. The lowest BCUT2D eigenvalue weighted by Crippen LogP contribution is -2.41. The lowest BCUT2D eigenvalue weighted by Gasteiger charge is -2.30. The molecule has 0 spiro atoms. The van der Waals surface area contributed by atoms with Crippen LogP contribution in [-0.4, -0.2) is 55.3 Å². The van der Waals surface area contributed by atoms with Gasteiger partial charge in [0.25, 0.3) is 11.6 Å². The molecule has 1 heterocycles. The summed E-state index contributed by atoms with van der Waals surface area (Å²) in [5.41, 5.74) is -0.379. The van der Waals surface area contributed by atoms with E-state index in [9.17, 15) is 28.1 Å². The summed E-state index contributed by atoms with van der Waals surface area (Å²) in [5.74, 6) is -1.40. The Bertz CT molecular complexity index is 925. The minimum atomic E-state index is -4.05. The number of rotatable bonds is 7. The molecule has 1 saturated heterocycles. The van der Waals surface area contributed by atoms with Gasteiger partial charge in [0.15, 0.2) is 6.61 Å². The fourth-order valence-corrected chi connectivity index (χ4v) is 4.99. The van der Waals surface area contributed by atoms with Crippen LogP contribution >= 0.6 is 11.6 Å². The molecule has 0 atom stereocenters. The summed E-state index contributed by atoms with van der Waals surface area (Å²) in [4.78, 5) is 33.6. The summed E-state index contributed by atoms with van der Waals surface area (Å²) in [6.07, 6.45) is 2.30. The molecule has 12 heteroatoms. The summed E-state index contributed by atoms with van der Waals surface area (Å²) in [6.45, 7) is -0.276. The molecular formula is C17H20ClN3O7S. The number of halogens is 1. The average molecular weight is 446 g/mol. The number of sulfonamides is 1. The zero-order valence-electron chi connectivity index (χ0n) is 15.4. The molecule has 0 unspecified atom stereocenters. The Kier molecular flexibility index (Phi) is 6.39. The van der Waals surface area contributed by atoms with Gasteiger partial charge in [-0.15, -0.1) is 0 Å². The second-order valence-electron chi connectivity index (χ2n) is 7.00. The van der Waals surface area contributed by atoms with Gasteiger partial charge in [-0.05, 0) is 31.7 Å². The summed E-state index contributed by atoms with van der Waals surface area (Å²) in [6, 6.07) is 3.40. The highest BCUT2D eigenvalue weighted by molar-refractivity contribution is 7.89. The van der Waals surface area contributed by atoms with E-state index in [1.165, 1.54) is 6.07 Å². The Balaban J connectivity index is 1.58. The SMILES string of the molecule is O=C(COC(=O)C1CCN(S(=O)(=O)c2cc([N+](=O)[O-])ccc2Cl)CC1)NC1CC1. The van der Waals surface area contributed by atoms with Crippen LogP contribution in [0.3, 0.4) is 0 Å². The Labute approximate surface area is 172 Å². The third-order valence-electron chi connectivity index (χ3n) is 4.82. The molecule has 1 aromatic carbocycles. The van der Waals surface area contributed by atoms with E-state index in [0.717, 1.165) is 29.3 Å². The summed E-state index contributed by atoms with van der Waals surface area (Å²) in [5, 5.41) is 13.5. The summed E-state index contributed by atoms with van der Waals surface area (Å²) in [7, 11) is -4.05. The van der Waals surface area contributed by atoms with E-state index in [1.54, 1.807) is 0 Å². The first-order chi connectivity index (χ1) is 13.7. The van der Waals surface area contributed by atoms with Gasteiger partial charge < -0.3 is 10.1 Å². The normalized spacial score (nSPS) is 18.2. The van der Waals surface area contributed by atoms with Crippen LogP contribution in [0.5, 0.6) is 0 Å². The van der Waals surface area contributed by atoms with Crippen molar-refractivity contribution in [2.45, 2.75) is 36.6 Å². The average Bonchev–Trinajstić information content (AvgIpc) is 3.50. The van der Waals surface area contributed by atoms with E-state index >= 15 is 0 Å². The van der Waals surface area contributed by atoms with Gasteiger partial charge in [-0.2, -0.15) is 4.31 Å². The number of non-ortho nitro benzene ring substituents is 1. The van der Waals surface area contributed by atoms with Crippen molar-refractivity contribution >= 4 is 39.2 Å². The monoisotopic (exact) mass is 445 g/mol. The molecule has 29 heavy (non-hydrogen) atoms. The Morgan fingerprint density at radius 2 is 1.90 bits per heavy atom. The molecule has 1 N–H and O–H groups in total. The Morgan fingerprint density at radius 3 is 2.48 bits per heavy atom. The van der Waals surface area contributed by atoms with Crippen LogP contribution in [0.15, 0.2) is 23.1 Å². The molecule has 1 aromatic rings. The fourth-order valence-electron chi connectivity index (χ4n) is 3.03. The number of piperidine rings is 1. The number of benzene rings is 1. The Hall–Kier alpha value is -2.24. The van der Waals surface area contributed by atoms with Crippen molar-refractivity contribution in [3.8, 4) is 0 Å². The molecule has 0 bridgehead atoms.